The molecule has 0 spiro atoms. The molecule has 2 fully saturated rings. The Morgan fingerprint density at radius 2 is 2.05 bits per heavy atom. The zero-order chi connectivity index (χ0) is 14.3. The lowest BCUT2D eigenvalue weighted by atomic mass is 9.72. The number of rotatable bonds is 3. The second kappa shape index (κ2) is 5.73. The number of hydrogen-bond acceptors (Lipinski definition) is 3. The van der Waals surface area contributed by atoms with Crippen LogP contribution < -0.4 is 0 Å². The second-order valence-electron chi connectivity index (χ2n) is 6.45. The number of alkyl halides is 2. The van der Waals surface area contributed by atoms with Gasteiger partial charge in [-0.1, -0.05) is 44.0 Å². The minimum atomic E-state index is -0.402. The van der Waals surface area contributed by atoms with Gasteiger partial charge in [-0.3, -0.25) is 0 Å². The molecule has 1 heterocycles. The minimum absolute atomic E-state index is 0.176. The molecular weight excluding hydrogens is 386 g/mol. The van der Waals surface area contributed by atoms with Gasteiger partial charge in [-0.2, -0.15) is 0 Å². The summed E-state index contributed by atoms with van der Waals surface area (Å²) >= 11 is 6.55. The Morgan fingerprint density at radius 3 is 2.55 bits per heavy atom. The summed E-state index contributed by atoms with van der Waals surface area (Å²) in [6.07, 6.45) is 9.05. The van der Waals surface area contributed by atoms with Crippen LogP contribution in [0.25, 0.3) is 0 Å². The number of piperidine rings is 1. The summed E-state index contributed by atoms with van der Waals surface area (Å²) in [7, 11) is 2.17. The van der Waals surface area contributed by atoms with Crippen LogP contribution in [0.5, 0.6) is 0 Å². The van der Waals surface area contributed by atoms with E-state index in [0.717, 1.165) is 38.8 Å². The van der Waals surface area contributed by atoms with Gasteiger partial charge in [0.1, 0.15) is 5.60 Å². The predicted molar refractivity (Wildman–Crippen MR) is 86.0 cm³/mol. The molecule has 5 heteroatoms. The van der Waals surface area contributed by atoms with E-state index in [-0.39, 0.29) is 11.6 Å². The van der Waals surface area contributed by atoms with Gasteiger partial charge in [0.25, 0.3) is 0 Å². The third kappa shape index (κ3) is 2.61. The maximum atomic E-state index is 12.1. The third-order valence-corrected chi connectivity index (χ3v) is 6.01. The van der Waals surface area contributed by atoms with Crippen LogP contribution in [0.1, 0.15) is 25.7 Å². The van der Waals surface area contributed by atoms with E-state index in [9.17, 15) is 4.79 Å². The second-order valence-corrected chi connectivity index (χ2v) is 9.51. The van der Waals surface area contributed by atoms with E-state index in [1.54, 1.807) is 0 Å². The molecule has 1 saturated carbocycles. The van der Waals surface area contributed by atoms with Crippen molar-refractivity contribution in [2.75, 3.05) is 20.1 Å². The van der Waals surface area contributed by atoms with E-state index >= 15 is 0 Å². The van der Waals surface area contributed by atoms with E-state index in [4.69, 9.17) is 4.74 Å². The highest BCUT2D eigenvalue weighted by molar-refractivity contribution is 9.25. The van der Waals surface area contributed by atoms with Crippen molar-refractivity contribution in [2.24, 2.45) is 17.8 Å². The summed E-state index contributed by atoms with van der Waals surface area (Å²) in [6.45, 7) is 2.22. The topological polar surface area (TPSA) is 29.5 Å². The first-order chi connectivity index (χ1) is 9.51. The first-order valence-corrected chi connectivity index (χ1v) is 9.22. The highest BCUT2D eigenvalue weighted by Gasteiger charge is 2.56. The van der Waals surface area contributed by atoms with Gasteiger partial charge in [-0.25, -0.2) is 4.79 Å². The van der Waals surface area contributed by atoms with E-state index in [1.807, 2.05) is 0 Å². The van der Waals surface area contributed by atoms with Gasteiger partial charge in [-0.05, 0) is 51.7 Å². The summed E-state index contributed by atoms with van der Waals surface area (Å²) in [5, 5.41) is 0. The van der Waals surface area contributed by atoms with E-state index < -0.39 is 3.74 Å². The molecule has 3 unspecified atom stereocenters. The molecule has 3 atom stereocenters. The van der Waals surface area contributed by atoms with Crippen molar-refractivity contribution in [3.8, 4) is 0 Å². The predicted octanol–water partition coefficient (Wildman–Crippen LogP) is 3.32. The van der Waals surface area contributed by atoms with Crippen molar-refractivity contribution < 1.29 is 9.53 Å². The minimum Gasteiger partial charge on any atom is -0.457 e. The van der Waals surface area contributed by atoms with E-state index in [2.05, 4.69) is 56.0 Å². The monoisotopic (exact) mass is 405 g/mol. The largest absolute Gasteiger partial charge is 0.457 e. The standard InChI is InChI=1S/C15H21Br2NO2/c1-18-6-4-11(5-7-18)15(20-14(19)13(16)17)9-10-2-3-12(15)8-10/h2-3,10-13H,4-9H2,1H3. The number of carbonyl (C=O) groups is 1. The average Bonchev–Trinajstić information content (AvgIpc) is 3.00. The van der Waals surface area contributed by atoms with Crippen LogP contribution in [0.4, 0.5) is 0 Å². The Balaban J connectivity index is 1.81. The normalized spacial score (nSPS) is 37.8. The van der Waals surface area contributed by atoms with Gasteiger partial charge >= 0.3 is 5.97 Å². The molecule has 2 bridgehead atoms. The Hall–Kier alpha value is 0.130. The first-order valence-electron chi connectivity index (χ1n) is 7.39. The molecule has 0 N–H and O–H groups in total. The molecule has 0 aromatic carbocycles. The number of hydrogen-bond donors (Lipinski definition) is 0. The Labute approximate surface area is 137 Å². The van der Waals surface area contributed by atoms with Crippen LogP contribution in [0, 0.1) is 17.8 Å². The molecule has 1 aliphatic heterocycles. The Bertz CT molecular complexity index is 418. The van der Waals surface area contributed by atoms with Gasteiger partial charge in [0.2, 0.25) is 0 Å². The third-order valence-electron chi connectivity index (χ3n) is 5.26. The zero-order valence-corrected chi connectivity index (χ0v) is 14.9. The number of esters is 1. The molecule has 20 heavy (non-hydrogen) atoms. The van der Waals surface area contributed by atoms with Crippen molar-refractivity contribution in [2.45, 2.75) is 35.0 Å². The molecule has 2 aliphatic carbocycles. The van der Waals surface area contributed by atoms with Gasteiger partial charge in [0, 0.05) is 11.8 Å². The van der Waals surface area contributed by atoms with Crippen molar-refractivity contribution in [3.63, 3.8) is 0 Å². The number of carbonyl (C=O) groups excluding carboxylic acids is 1. The zero-order valence-electron chi connectivity index (χ0n) is 11.7. The number of likely N-dealkylation sites (tertiary alicyclic amines) is 1. The summed E-state index contributed by atoms with van der Waals surface area (Å²) < 4.78 is 5.66. The maximum Gasteiger partial charge on any atom is 0.331 e. The van der Waals surface area contributed by atoms with Crippen LogP contribution in [0.3, 0.4) is 0 Å². The lowest BCUT2D eigenvalue weighted by Crippen LogP contribution is -2.50. The lowest BCUT2D eigenvalue weighted by molar-refractivity contribution is -0.170. The van der Waals surface area contributed by atoms with Crippen molar-refractivity contribution in [1.29, 1.82) is 0 Å². The van der Waals surface area contributed by atoms with Gasteiger partial charge in [-0.15, -0.1) is 0 Å². The highest BCUT2D eigenvalue weighted by atomic mass is 79.9. The molecule has 3 aliphatic rings. The molecule has 1 saturated heterocycles. The SMILES string of the molecule is CN1CCC(C2(OC(=O)C(Br)Br)CC3C=CC2C3)CC1. The Morgan fingerprint density at radius 1 is 1.35 bits per heavy atom. The van der Waals surface area contributed by atoms with Crippen molar-refractivity contribution >= 4 is 37.8 Å². The number of fused-ring (bicyclic) bond motifs is 2. The van der Waals surface area contributed by atoms with Gasteiger partial charge in [0.15, 0.2) is 3.74 Å². The molecular formula is C15H21Br2NO2. The van der Waals surface area contributed by atoms with E-state index in [0.29, 0.717) is 17.8 Å². The lowest BCUT2D eigenvalue weighted by Gasteiger charge is -2.45. The van der Waals surface area contributed by atoms with Crippen LogP contribution in [-0.4, -0.2) is 40.3 Å². The van der Waals surface area contributed by atoms with Crippen LogP contribution in [-0.2, 0) is 9.53 Å². The number of allylic oxidation sites excluding steroid dienone is 1. The van der Waals surface area contributed by atoms with E-state index in [1.165, 1.54) is 0 Å². The van der Waals surface area contributed by atoms with Crippen molar-refractivity contribution in [3.05, 3.63) is 12.2 Å². The van der Waals surface area contributed by atoms with Crippen LogP contribution in [0.15, 0.2) is 12.2 Å². The molecule has 0 radical (unpaired) electrons. The molecule has 0 aromatic rings. The fourth-order valence-corrected chi connectivity index (χ4v) is 4.44. The molecule has 0 aromatic heterocycles. The smallest absolute Gasteiger partial charge is 0.331 e. The molecule has 112 valence electrons. The maximum absolute atomic E-state index is 12.1. The van der Waals surface area contributed by atoms with Crippen LogP contribution in [0.2, 0.25) is 0 Å². The van der Waals surface area contributed by atoms with Crippen molar-refractivity contribution in [1.82, 2.24) is 4.90 Å². The first kappa shape index (κ1) is 15.0. The summed E-state index contributed by atoms with van der Waals surface area (Å²) in [5.74, 6) is 1.35. The fraction of sp³-hybridized carbons (Fsp3) is 0.800. The number of ether oxygens (including phenoxy) is 1. The quantitative estimate of drug-likeness (QED) is 0.409. The summed E-state index contributed by atoms with van der Waals surface area (Å²) in [4.78, 5) is 14.5. The van der Waals surface area contributed by atoms with Gasteiger partial charge in [0.05, 0.1) is 0 Å². The molecule has 3 rings (SSSR count). The average molecular weight is 407 g/mol. The molecule has 3 nitrogen and oxygen atoms in total. The summed E-state index contributed by atoms with van der Waals surface area (Å²) in [5.41, 5.74) is -0.252. The fourth-order valence-electron chi connectivity index (χ4n) is 4.25. The number of nitrogens with zero attached hydrogens (tertiary/aromatic N) is 1. The van der Waals surface area contributed by atoms with Crippen LogP contribution >= 0.6 is 31.9 Å². The highest BCUT2D eigenvalue weighted by Crippen LogP contribution is 2.54. The number of halogens is 2. The molecule has 0 amide bonds. The van der Waals surface area contributed by atoms with Gasteiger partial charge < -0.3 is 9.64 Å². The summed E-state index contributed by atoms with van der Waals surface area (Å²) in [6, 6.07) is 0. The Kier molecular flexibility index (Phi) is 4.31.